The molecule has 1 aliphatic carbocycles. The molecule has 18 heavy (non-hydrogen) atoms. The lowest BCUT2D eigenvalue weighted by atomic mass is 9.95. The van der Waals surface area contributed by atoms with Crippen LogP contribution < -0.4 is 5.32 Å². The predicted molar refractivity (Wildman–Crippen MR) is 71.5 cm³/mol. The molecule has 4 nitrogen and oxygen atoms in total. The third kappa shape index (κ3) is 5.36. The number of methoxy groups -OCH3 is 1. The van der Waals surface area contributed by atoms with E-state index in [9.17, 15) is 4.79 Å². The van der Waals surface area contributed by atoms with Crippen molar-refractivity contribution in [2.75, 3.05) is 27.4 Å². The van der Waals surface area contributed by atoms with E-state index < -0.39 is 5.54 Å². The molecule has 0 bridgehead atoms. The molecular weight excluding hydrogens is 230 g/mol. The Balaban J connectivity index is 2.01. The summed E-state index contributed by atoms with van der Waals surface area (Å²) in [5, 5.41) is 3.04. The maximum atomic E-state index is 11.6. The number of hydrogen-bond acceptors (Lipinski definition) is 4. The maximum absolute atomic E-state index is 11.6. The molecular formula is C14H27NO3. The number of unbranched alkanes of at least 4 members (excludes halogenated alkanes) is 1. The summed E-state index contributed by atoms with van der Waals surface area (Å²) >= 11 is 0. The van der Waals surface area contributed by atoms with Gasteiger partial charge in [0.15, 0.2) is 0 Å². The van der Waals surface area contributed by atoms with Crippen LogP contribution >= 0.6 is 0 Å². The molecule has 1 atom stereocenters. The number of likely N-dealkylation sites (N-methyl/N-ethyl adjacent to an activating group) is 1. The largest absolute Gasteiger partial charge is 0.468 e. The van der Waals surface area contributed by atoms with Crippen molar-refractivity contribution in [3.05, 3.63) is 0 Å². The normalized spacial score (nSPS) is 18.4. The number of ether oxygens (including phenoxy) is 2. The van der Waals surface area contributed by atoms with Gasteiger partial charge in [0.1, 0.15) is 5.54 Å². The van der Waals surface area contributed by atoms with Crippen molar-refractivity contribution < 1.29 is 14.3 Å². The highest BCUT2D eigenvalue weighted by Gasteiger charge is 2.31. The molecule has 1 N–H and O–H groups in total. The quantitative estimate of drug-likeness (QED) is 0.481. The molecule has 1 unspecified atom stereocenters. The van der Waals surface area contributed by atoms with E-state index in [1.54, 1.807) is 7.05 Å². The Hall–Kier alpha value is -0.610. The fraction of sp³-hybridized carbons (Fsp3) is 0.929. The minimum Gasteiger partial charge on any atom is -0.468 e. The summed E-state index contributed by atoms with van der Waals surface area (Å²) < 4.78 is 10.4. The molecule has 1 fully saturated rings. The zero-order valence-electron chi connectivity index (χ0n) is 12.0. The van der Waals surface area contributed by atoms with E-state index >= 15 is 0 Å². The standard InChI is InChI=1S/C14H27NO3/c1-14(15-2,13(16)17-3)9-4-5-10-18-11-8-12-6-7-12/h12,15H,4-11H2,1-3H3. The summed E-state index contributed by atoms with van der Waals surface area (Å²) in [6.45, 7) is 3.57. The number of carbonyl (C=O) groups is 1. The molecule has 0 radical (unpaired) electrons. The molecule has 0 spiro atoms. The number of carbonyl (C=O) groups excluding carboxylic acids is 1. The van der Waals surface area contributed by atoms with Crippen LogP contribution in [-0.2, 0) is 14.3 Å². The van der Waals surface area contributed by atoms with Crippen LogP contribution in [0.5, 0.6) is 0 Å². The predicted octanol–water partition coefficient (Wildman–Crippen LogP) is 2.12. The number of esters is 1. The molecule has 0 aromatic carbocycles. The monoisotopic (exact) mass is 257 g/mol. The van der Waals surface area contributed by atoms with Crippen LogP contribution in [0.3, 0.4) is 0 Å². The van der Waals surface area contributed by atoms with Gasteiger partial charge in [0.2, 0.25) is 0 Å². The summed E-state index contributed by atoms with van der Waals surface area (Å²) in [7, 11) is 3.22. The Morgan fingerprint density at radius 3 is 2.61 bits per heavy atom. The van der Waals surface area contributed by atoms with E-state index in [1.807, 2.05) is 6.92 Å². The van der Waals surface area contributed by atoms with Crippen LogP contribution in [0.4, 0.5) is 0 Å². The molecule has 1 rings (SSSR count). The van der Waals surface area contributed by atoms with Gasteiger partial charge >= 0.3 is 5.97 Å². The number of nitrogens with one attached hydrogen (secondary N) is 1. The summed E-state index contributed by atoms with van der Waals surface area (Å²) in [4.78, 5) is 11.6. The van der Waals surface area contributed by atoms with Gasteiger partial charge in [0.05, 0.1) is 7.11 Å². The number of rotatable bonds is 10. The van der Waals surface area contributed by atoms with Crippen molar-refractivity contribution in [3.8, 4) is 0 Å². The highest BCUT2D eigenvalue weighted by atomic mass is 16.5. The van der Waals surface area contributed by atoms with E-state index in [0.717, 1.165) is 38.4 Å². The fourth-order valence-electron chi connectivity index (χ4n) is 2.00. The first-order chi connectivity index (χ1) is 8.62. The van der Waals surface area contributed by atoms with Crippen LogP contribution in [0.2, 0.25) is 0 Å². The lowest BCUT2D eigenvalue weighted by Gasteiger charge is -2.25. The van der Waals surface area contributed by atoms with Crippen LogP contribution in [0.1, 0.15) is 45.4 Å². The zero-order chi connectivity index (χ0) is 13.4. The Morgan fingerprint density at radius 2 is 2.06 bits per heavy atom. The summed E-state index contributed by atoms with van der Waals surface area (Å²) in [5.41, 5.74) is -0.567. The third-order valence-electron chi connectivity index (χ3n) is 3.77. The van der Waals surface area contributed by atoms with Crippen molar-refractivity contribution >= 4 is 5.97 Å². The molecule has 0 aliphatic heterocycles. The van der Waals surface area contributed by atoms with Crippen LogP contribution in [0.25, 0.3) is 0 Å². The first kappa shape index (κ1) is 15.4. The fourth-order valence-corrected chi connectivity index (χ4v) is 2.00. The first-order valence-electron chi connectivity index (χ1n) is 6.97. The molecule has 0 saturated heterocycles. The second kappa shape index (κ2) is 7.74. The van der Waals surface area contributed by atoms with E-state index in [2.05, 4.69) is 5.32 Å². The molecule has 0 heterocycles. The first-order valence-corrected chi connectivity index (χ1v) is 6.97. The van der Waals surface area contributed by atoms with Gasteiger partial charge in [0.25, 0.3) is 0 Å². The highest BCUT2D eigenvalue weighted by Crippen LogP contribution is 2.32. The summed E-state index contributed by atoms with van der Waals surface area (Å²) in [6.07, 6.45) is 6.75. The maximum Gasteiger partial charge on any atom is 0.325 e. The van der Waals surface area contributed by atoms with Crippen molar-refractivity contribution in [2.24, 2.45) is 5.92 Å². The van der Waals surface area contributed by atoms with Gasteiger partial charge in [-0.25, -0.2) is 0 Å². The van der Waals surface area contributed by atoms with Crippen LogP contribution in [0.15, 0.2) is 0 Å². The Labute approximate surface area is 110 Å². The summed E-state index contributed by atoms with van der Waals surface area (Å²) in [5.74, 6) is 0.747. The van der Waals surface area contributed by atoms with Crippen LogP contribution in [0, 0.1) is 5.92 Å². The van der Waals surface area contributed by atoms with Gasteiger partial charge in [-0.05, 0) is 45.6 Å². The minimum absolute atomic E-state index is 0.195. The van der Waals surface area contributed by atoms with Gasteiger partial charge in [-0.3, -0.25) is 4.79 Å². The SMILES string of the molecule is CNC(C)(CCCCOCCC1CC1)C(=O)OC. The second-order valence-electron chi connectivity index (χ2n) is 5.38. The Kier molecular flexibility index (Phi) is 6.65. The smallest absolute Gasteiger partial charge is 0.325 e. The minimum atomic E-state index is -0.567. The van der Waals surface area contributed by atoms with Gasteiger partial charge in [0, 0.05) is 13.2 Å². The molecule has 0 amide bonds. The Morgan fingerprint density at radius 1 is 1.33 bits per heavy atom. The Bertz CT molecular complexity index is 253. The molecule has 106 valence electrons. The lowest BCUT2D eigenvalue weighted by molar-refractivity contribution is -0.148. The highest BCUT2D eigenvalue weighted by molar-refractivity contribution is 5.80. The lowest BCUT2D eigenvalue weighted by Crippen LogP contribution is -2.48. The molecule has 1 aliphatic rings. The molecule has 4 heteroatoms. The van der Waals surface area contributed by atoms with Crippen molar-refractivity contribution in [1.82, 2.24) is 5.32 Å². The van der Waals surface area contributed by atoms with E-state index in [1.165, 1.54) is 26.4 Å². The number of hydrogen-bond donors (Lipinski definition) is 1. The van der Waals surface area contributed by atoms with Gasteiger partial charge < -0.3 is 14.8 Å². The van der Waals surface area contributed by atoms with E-state index in [4.69, 9.17) is 9.47 Å². The van der Waals surface area contributed by atoms with Gasteiger partial charge in [-0.1, -0.05) is 12.8 Å². The zero-order valence-corrected chi connectivity index (χ0v) is 12.0. The van der Waals surface area contributed by atoms with Gasteiger partial charge in [-0.2, -0.15) is 0 Å². The van der Waals surface area contributed by atoms with Gasteiger partial charge in [-0.15, -0.1) is 0 Å². The summed E-state index contributed by atoms with van der Waals surface area (Å²) in [6, 6.07) is 0. The average molecular weight is 257 g/mol. The van der Waals surface area contributed by atoms with Crippen molar-refractivity contribution in [1.29, 1.82) is 0 Å². The molecule has 1 saturated carbocycles. The topological polar surface area (TPSA) is 47.6 Å². The van der Waals surface area contributed by atoms with E-state index in [-0.39, 0.29) is 5.97 Å². The van der Waals surface area contributed by atoms with E-state index in [0.29, 0.717) is 0 Å². The molecule has 0 aromatic rings. The van der Waals surface area contributed by atoms with Crippen LogP contribution in [-0.4, -0.2) is 38.9 Å². The van der Waals surface area contributed by atoms with Crippen molar-refractivity contribution in [2.45, 2.75) is 51.0 Å². The second-order valence-corrected chi connectivity index (χ2v) is 5.38. The third-order valence-corrected chi connectivity index (χ3v) is 3.77. The average Bonchev–Trinajstić information content (AvgIpc) is 3.20. The molecule has 0 aromatic heterocycles. The van der Waals surface area contributed by atoms with Crippen molar-refractivity contribution in [3.63, 3.8) is 0 Å².